The lowest BCUT2D eigenvalue weighted by atomic mass is 10.0. The lowest BCUT2D eigenvalue weighted by molar-refractivity contribution is 0.0347. The molecule has 172 valence electrons. The number of hydrogen-bond acceptors (Lipinski definition) is 5. The molecule has 6 nitrogen and oxygen atoms in total. The number of unbranched alkanes of at least 4 members (excludes halogenated alkanes) is 5. The Kier molecular flexibility index (Phi) is 11.5. The molecular weight excluding hydrogens is 390 g/mol. The third-order valence-electron chi connectivity index (χ3n) is 5.71. The maximum Gasteiger partial charge on any atom is 0.182 e. The number of hydrogen-bond donors (Lipinski definition) is 0. The first-order chi connectivity index (χ1) is 15.1. The first-order valence-corrected chi connectivity index (χ1v) is 11.6. The molecule has 1 aliphatic heterocycles. The quantitative estimate of drug-likeness (QED) is 0.315. The standard InChI is InChI=1S/C25H39N3O3/c1-5-6-7-8-9-11-14-20(2)27-25-24(31-4)22(18-30-3)28(19-26-25)17-23(29)21-15-12-10-13-16-21/h10,12-13,15-16,19-20,22,24H,5-9,11,14,17-18H2,1-4H3. The van der Waals surface area contributed by atoms with E-state index in [1.54, 1.807) is 20.6 Å². The van der Waals surface area contributed by atoms with Crippen molar-refractivity contribution in [3.8, 4) is 0 Å². The van der Waals surface area contributed by atoms with E-state index in [9.17, 15) is 4.79 Å². The van der Waals surface area contributed by atoms with Crippen LogP contribution in [0.4, 0.5) is 0 Å². The largest absolute Gasteiger partial charge is 0.382 e. The summed E-state index contributed by atoms with van der Waals surface area (Å²) >= 11 is 0. The Labute approximate surface area is 187 Å². The number of benzene rings is 1. The Bertz CT molecular complexity index is 705. The van der Waals surface area contributed by atoms with E-state index in [2.05, 4.69) is 18.8 Å². The number of methoxy groups -OCH3 is 2. The lowest BCUT2D eigenvalue weighted by Gasteiger charge is -2.37. The summed E-state index contributed by atoms with van der Waals surface area (Å²) in [6.45, 7) is 5.03. The molecule has 0 aromatic heterocycles. The molecule has 1 heterocycles. The molecule has 0 saturated heterocycles. The summed E-state index contributed by atoms with van der Waals surface area (Å²) in [4.78, 5) is 24.0. The van der Waals surface area contributed by atoms with Crippen molar-refractivity contribution in [1.82, 2.24) is 4.90 Å². The summed E-state index contributed by atoms with van der Waals surface area (Å²) in [7, 11) is 3.33. The monoisotopic (exact) mass is 429 g/mol. The van der Waals surface area contributed by atoms with Gasteiger partial charge in [0.05, 0.1) is 25.5 Å². The summed E-state index contributed by atoms with van der Waals surface area (Å²) in [6, 6.07) is 9.36. The molecule has 0 amide bonds. The highest BCUT2D eigenvalue weighted by molar-refractivity contribution is 6.00. The van der Waals surface area contributed by atoms with Crippen LogP contribution in [0.25, 0.3) is 0 Å². The van der Waals surface area contributed by atoms with Crippen molar-refractivity contribution in [3.05, 3.63) is 35.9 Å². The van der Waals surface area contributed by atoms with Gasteiger partial charge in [-0.1, -0.05) is 75.8 Å². The minimum Gasteiger partial charge on any atom is -0.382 e. The van der Waals surface area contributed by atoms with Crippen LogP contribution in [-0.4, -0.2) is 68.4 Å². The molecule has 0 radical (unpaired) electrons. The van der Waals surface area contributed by atoms with Crippen molar-refractivity contribution < 1.29 is 14.3 Å². The van der Waals surface area contributed by atoms with Gasteiger partial charge in [-0.2, -0.15) is 0 Å². The van der Waals surface area contributed by atoms with E-state index < -0.39 is 0 Å². The molecule has 31 heavy (non-hydrogen) atoms. The van der Waals surface area contributed by atoms with Gasteiger partial charge in [-0.25, -0.2) is 4.99 Å². The smallest absolute Gasteiger partial charge is 0.182 e. The van der Waals surface area contributed by atoms with Crippen LogP contribution < -0.4 is 0 Å². The Balaban J connectivity index is 2.02. The molecule has 1 aliphatic rings. The lowest BCUT2D eigenvalue weighted by Crippen LogP contribution is -2.54. The van der Waals surface area contributed by atoms with Gasteiger partial charge in [-0.05, 0) is 13.3 Å². The molecular formula is C25H39N3O3. The Morgan fingerprint density at radius 1 is 1.13 bits per heavy atom. The van der Waals surface area contributed by atoms with E-state index in [1.807, 2.05) is 35.2 Å². The second kappa shape index (κ2) is 14.1. The van der Waals surface area contributed by atoms with Crippen molar-refractivity contribution in [2.45, 2.75) is 77.0 Å². The molecule has 6 heteroatoms. The van der Waals surface area contributed by atoms with Crippen LogP contribution >= 0.6 is 0 Å². The molecule has 1 aromatic carbocycles. The topological polar surface area (TPSA) is 63.5 Å². The predicted molar refractivity (Wildman–Crippen MR) is 127 cm³/mol. The van der Waals surface area contributed by atoms with E-state index in [0.29, 0.717) is 18.0 Å². The minimum absolute atomic E-state index is 0.0415. The van der Waals surface area contributed by atoms with Gasteiger partial charge < -0.3 is 14.4 Å². The van der Waals surface area contributed by atoms with Crippen LogP contribution in [0, 0.1) is 0 Å². The van der Waals surface area contributed by atoms with Gasteiger partial charge in [0.15, 0.2) is 11.6 Å². The maximum absolute atomic E-state index is 12.7. The normalized spacial score (nSPS) is 20.9. The van der Waals surface area contributed by atoms with Gasteiger partial charge in [0.1, 0.15) is 6.10 Å². The molecule has 0 N–H and O–H groups in total. The number of carbonyl (C=O) groups is 1. The highest BCUT2D eigenvalue weighted by atomic mass is 16.5. The predicted octanol–water partition coefficient (Wildman–Crippen LogP) is 4.78. The average molecular weight is 430 g/mol. The van der Waals surface area contributed by atoms with Gasteiger partial charge >= 0.3 is 0 Å². The third-order valence-corrected chi connectivity index (χ3v) is 5.71. The molecule has 2 rings (SSSR count). The van der Waals surface area contributed by atoms with E-state index >= 15 is 0 Å². The zero-order valence-electron chi connectivity index (χ0n) is 19.6. The minimum atomic E-state index is -0.333. The van der Waals surface area contributed by atoms with Gasteiger partial charge in [-0.15, -0.1) is 0 Å². The number of aliphatic imine (C=N–C) groups is 2. The third kappa shape index (κ3) is 8.19. The van der Waals surface area contributed by atoms with Crippen LogP contribution in [0.2, 0.25) is 0 Å². The molecule has 1 aromatic rings. The number of carbonyl (C=O) groups excluding carboxylic acids is 1. The van der Waals surface area contributed by atoms with Crippen molar-refractivity contribution >= 4 is 18.0 Å². The summed E-state index contributed by atoms with van der Waals surface area (Å²) in [6.07, 6.45) is 10.1. The molecule has 0 saturated carbocycles. The first-order valence-electron chi connectivity index (χ1n) is 11.6. The van der Waals surface area contributed by atoms with Gasteiger partial charge in [0.25, 0.3) is 0 Å². The van der Waals surface area contributed by atoms with E-state index in [0.717, 1.165) is 6.42 Å². The molecule has 0 spiro atoms. The maximum atomic E-state index is 12.7. The fraction of sp³-hybridized carbons (Fsp3) is 0.640. The highest BCUT2D eigenvalue weighted by Crippen LogP contribution is 2.18. The van der Waals surface area contributed by atoms with Crippen molar-refractivity contribution in [2.24, 2.45) is 9.98 Å². The second-order valence-electron chi connectivity index (χ2n) is 8.28. The fourth-order valence-electron chi connectivity index (χ4n) is 3.91. The average Bonchev–Trinajstić information content (AvgIpc) is 2.78. The van der Waals surface area contributed by atoms with Gasteiger partial charge in [-0.3, -0.25) is 9.79 Å². The molecule has 0 fully saturated rings. The van der Waals surface area contributed by atoms with Crippen molar-refractivity contribution in [1.29, 1.82) is 0 Å². The van der Waals surface area contributed by atoms with Crippen molar-refractivity contribution in [2.75, 3.05) is 27.4 Å². The first kappa shape index (κ1) is 25.2. The summed E-state index contributed by atoms with van der Waals surface area (Å²) in [5.74, 6) is 0.728. The molecule has 3 unspecified atom stereocenters. The number of amidine groups is 1. The Hall–Kier alpha value is -2.05. The SMILES string of the molecule is CCCCCCCCC(C)N=C1N=CN(CC(=O)c2ccccc2)C(COC)C1OC. The summed E-state index contributed by atoms with van der Waals surface area (Å²) in [5.41, 5.74) is 0.688. The summed E-state index contributed by atoms with van der Waals surface area (Å²) in [5, 5.41) is 0. The van der Waals surface area contributed by atoms with Crippen LogP contribution in [0.5, 0.6) is 0 Å². The van der Waals surface area contributed by atoms with Crippen LogP contribution in [0.15, 0.2) is 40.3 Å². The Morgan fingerprint density at radius 3 is 2.52 bits per heavy atom. The van der Waals surface area contributed by atoms with Crippen molar-refractivity contribution in [3.63, 3.8) is 0 Å². The zero-order chi connectivity index (χ0) is 22.5. The second-order valence-corrected chi connectivity index (χ2v) is 8.28. The van der Waals surface area contributed by atoms with E-state index in [-0.39, 0.29) is 30.5 Å². The van der Waals surface area contributed by atoms with Crippen LogP contribution in [-0.2, 0) is 9.47 Å². The Morgan fingerprint density at radius 2 is 1.84 bits per heavy atom. The molecule has 3 atom stereocenters. The number of rotatable bonds is 14. The number of nitrogens with zero attached hydrogens (tertiary/aromatic N) is 3. The van der Waals surface area contributed by atoms with E-state index in [1.165, 1.54) is 38.5 Å². The number of ketones is 1. The fourth-order valence-corrected chi connectivity index (χ4v) is 3.91. The highest BCUT2D eigenvalue weighted by Gasteiger charge is 2.35. The van der Waals surface area contributed by atoms with Gasteiger partial charge in [0.2, 0.25) is 0 Å². The number of Topliss-reactive ketones (excluding diaryl/α,β-unsaturated/α-hetero) is 1. The zero-order valence-corrected chi connectivity index (χ0v) is 19.6. The van der Waals surface area contributed by atoms with Crippen LogP contribution in [0.3, 0.4) is 0 Å². The molecule has 0 bridgehead atoms. The van der Waals surface area contributed by atoms with E-state index in [4.69, 9.17) is 14.5 Å². The summed E-state index contributed by atoms with van der Waals surface area (Å²) < 4.78 is 11.2. The van der Waals surface area contributed by atoms with Crippen LogP contribution in [0.1, 0.15) is 69.2 Å². The van der Waals surface area contributed by atoms with Gasteiger partial charge in [0, 0.05) is 25.8 Å². The number of ether oxygens (including phenoxy) is 2. The molecule has 0 aliphatic carbocycles.